The highest BCUT2D eigenvalue weighted by molar-refractivity contribution is 5.73. The van der Waals surface area contributed by atoms with Gasteiger partial charge in [0.1, 0.15) is 0 Å². The second-order valence-electron chi connectivity index (χ2n) is 2.23. The lowest BCUT2D eigenvalue weighted by atomic mass is 10.1. The Labute approximate surface area is 73.2 Å². The molecule has 0 aromatic heterocycles. The summed E-state index contributed by atoms with van der Waals surface area (Å²) in [6.45, 7) is 5.45. The molecule has 0 rings (SSSR count). The first-order valence-electron chi connectivity index (χ1n) is 3.75. The normalized spacial score (nSPS) is 11.7. The van der Waals surface area contributed by atoms with E-state index in [0.717, 1.165) is 5.57 Å². The van der Waals surface area contributed by atoms with E-state index < -0.39 is 0 Å². The van der Waals surface area contributed by atoms with Crippen LogP contribution in [-0.2, 0) is 9.53 Å². The molecular formula is C10H14O2. The summed E-state index contributed by atoms with van der Waals surface area (Å²) >= 11 is 0. The molecule has 2 nitrogen and oxygen atoms in total. The number of hydrogen-bond donors (Lipinski definition) is 0. The number of carbonyl (C=O) groups is 1. The zero-order valence-corrected chi connectivity index (χ0v) is 7.54. The molecule has 0 aromatic carbocycles. The zero-order valence-electron chi connectivity index (χ0n) is 7.54. The maximum Gasteiger partial charge on any atom is 0.309 e. The average molecular weight is 166 g/mol. The second kappa shape index (κ2) is 6.40. The quantitative estimate of drug-likeness (QED) is 0.473. The summed E-state index contributed by atoms with van der Waals surface area (Å²) in [4.78, 5) is 10.8. The maximum atomic E-state index is 10.8. The van der Waals surface area contributed by atoms with Crippen molar-refractivity contribution in [2.24, 2.45) is 0 Å². The molecule has 0 atom stereocenters. The van der Waals surface area contributed by atoms with E-state index in [9.17, 15) is 4.79 Å². The van der Waals surface area contributed by atoms with Gasteiger partial charge in [0.25, 0.3) is 0 Å². The number of methoxy groups -OCH3 is 1. The molecule has 0 heterocycles. The predicted molar refractivity (Wildman–Crippen MR) is 49.7 cm³/mol. The van der Waals surface area contributed by atoms with Gasteiger partial charge in [-0.15, -0.1) is 0 Å². The maximum absolute atomic E-state index is 10.8. The smallest absolute Gasteiger partial charge is 0.309 e. The third kappa shape index (κ3) is 4.50. The van der Waals surface area contributed by atoms with E-state index in [1.54, 1.807) is 12.2 Å². The van der Waals surface area contributed by atoms with Gasteiger partial charge in [-0.2, -0.15) is 0 Å². The van der Waals surface area contributed by atoms with Gasteiger partial charge in [-0.05, 0) is 12.5 Å². The number of esters is 1. The van der Waals surface area contributed by atoms with Crippen molar-refractivity contribution < 1.29 is 9.53 Å². The largest absolute Gasteiger partial charge is 0.469 e. The topological polar surface area (TPSA) is 26.3 Å². The van der Waals surface area contributed by atoms with Crippen LogP contribution in [0.2, 0.25) is 0 Å². The molecule has 0 amide bonds. The van der Waals surface area contributed by atoms with Gasteiger partial charge in [0.15, 0.2) is 0 Å². The Bertz CT molecular complexity index is 212. The lowest BCUT2D eigenvalue weighted by Crippen LogP contribution is -2.00. The Balaban J connectivity index is 4.23. The van der Waals surface area contributed by atoms with E-state index in [1.807, 2.05) is 19.1 Å². The van der Waals surface area contributed by atoms with E-state index in [2.05, 4.69) is 11.3 Å². The summed E-state index contributed by atoms with van der Waals surface area (Å²) in [5, 5.41) is 0. The fraction of sp³-hybridized carbons (Fsp3) is 0.300. The van der Waals surface area contributed by atoms with Crippen LogP contribution in [0.3, 0.4) is 0 Å². The number of hydrogen-bond acceptors (Lipinski definition) is 2. The lowest BCUT2D eigenvalue weighted by molar-refractivity contribution is -0.139. The van der Waals surface area contributed by atoms with Crippen molar-refractivity contribution in [1.82, 2.24) is 0 Å². The molecule has 2 heteroatoms. The van der Waals surface area contributed by atoms with E-state index in [1.165, 1.54) is 7.11 Å². The van der Waals surface area contributed by atoms with Crippen molar-refractivity contribution in [3.63, 3.8) is 0 Å². The summed E-state index contributed by atoms with van der Waals surface area (Å²) in [5.74, 6) is -0.235. The van der Waals surface area contributed by atoms with Crippen LogP contribution in [0.25, 0.3) is 0 Å². The Morgan fingerprint density at radius 1 is 1.58 bits per heavy atom. The number of rotatable bonds is 4. The Hall–Kier alpha value is -1.31. The molecule has 0 bridgehead atoms. The van der Waals surface area contributed by atoms with Gasteiger partial charge in [-0.25, -0.2) is 0 Å². The molecule has 0 saturated heterocycles. The highest BCUT2D eigenvalue weighted by Gasteiger charge is 2.00. The minimum atomic E-state index is -0.235. The lowest BCUT2D eigenvalue weighted by Gasteiger charge is -1.98. The molecule has 0 N–H and O–H groups in total. The van der Waals surface area contributed by atoms with Crippen LogP contribution in [0, 0.1) is 0 Å². The van der Waals surface area contributed by atoms with Gasteiger partial charge in [0.05, 0.1) is 13.5 Å². The summed E-state index contributed by atoms with van der Waals surface area (Å²) < 4.78 is 4.53. The number of allylic oxidation sites excluding steroid dienone is 4. The Morgan fingerprint density at radius 2 is 2.25 bits per heavy atom. The molecule has 0 aliphatic heterocycles. The van der Waals surface area contributed by atoms with Crippen molar-refractivity contribution in [3.8, 4) is 0 Å². The van der Waals surface area contributed by atoms with Crippen molar-refractivity contribution >= 4 is 5.97 Å². The third-order valence-corrected chi connectivity index (χ3v) is 1.29. The van der Waals surface area contributed by atoms with Crippen LogP contribution in [-0.4, -0.2) is 13.1 Å². The van der Waals surface area contributed by atoms with Gasteiger partial charge in [-0.1, -0.05) is 30.9 Å². The van der Waals surface area contributed by atoms with Crippen LogP contribution in [0.15, 0.2) is 36.5 Å². The fourth-order valence-electron chi connectivity index (χ4n) is 0.778. The van der Waals surface area contributed by atoms with Gasteiger partial charge in [0.2, 0.25) is 0 Å². The summed E-state index contributed by atoms with van der Waals surface area (Å²) in [5.41, 5.74) is 0.902. The number of ether oxygens (including phenoxy) is 1. The zero-order chi connectivity index (χ0) is 9.40. The van der Waals surface area contributed by atoms with E-state index in [4.69, 9.17) is 0 Å². The summed E-state index contributed by atoms with van der Waals surface area (Å²) in [7, 11) is 1.38. The molecule has 0 fully saturated rings. The highest BCUT2D eigenvalue weighted by Crippen LogP contribution is 2.04. The van der Waals surface area contributed by atoms with Gasteiger partial charge < -0.3 is 4.74 Å². The molecule has 0 saturated carbocycles. The van der Waals surface area contributed by atoms with Crippen LogP contribution in [0.1, 0.15) is 13.3 Å². The second-order valence-corrected chi connectivity index (χ2v) is 2.23. The molecule has 0 aliphatic carbocycles. The van der Waals surface area contributed by atoms with Crippen molar-refractivity contribution in [1.29, 1.82) is 0 Å². The van der Waals surface area contributed by atoms with Crippen LogP contribution in [0.5, 0.6) is 0 Å². The first kappa shape index (κ1) is 10.7. The van der Waals surface area contributed by atoms with Crippen LogP contribution in [0.4, 0.5) is 0 Å². The first-order chi connectivity index (χ1) is 5.74. The van der Waals surface area contributed by atoms with Gasteiger partial charge in [0, 0.05) is 0 Å². The average Bonchev–Trinajstić information content (AvgIpc) is 2.05. The van der Waals surface area contributed by atoms with Crippen LogP contribution >= 0.6 is 0 Å². The molecule has 0 spiro atoms. The number of carbonyl (C=O) groups excluding carboxylic acids is 1. The van der Waals surface area contributed by atoms with E-state index in [-0.39, 0.29) is 5.97 Å². The van der Waals surface area contributed by atoms with Crippen LogP contribution < -0.4 is 0 Å². The molecule has 0 unspecified atom stereocenters. The molecule has 0 aliphatic rings. The Kier molecular flexibility index (Phi) is 5.70. The van der Waals surface area contributed by atoms with Crippen molar-refractivity contribution in [2.75, 3.05) is 7.11 Å². The molecule has 12 heavy (non-hydrogen) atoms. The highest BCUT2D eigenvalue weighted by atomic mass is 16.5. The minimum absolute atomic E-state index is 0.235. The fourth-order valence-corrected chi connectivity index (χ4v) is 0.778. The predicted octanol–water partition coefficient (Wildman–Crippen LogP) is 2.24. The van der Waals surface area contributed by atoms with Crippen molar-refractivity contribution in [3.05, 3.63) is 36.5 Å². The molecule has 66 valence electrons. The monoisotopic (exact) mass is 166 g/mol. The molecule has 0 aromatic rings. The third-order valence-electron chi connectivity index (χ3n) is 1.29. The van der Waals surface area contributed by atoms with Gasteiger partial charge >= 0.3 is 5.97 Å². The van der Waals surface area contributed by atoms with E-state index >= 15 is 0 Å². The summed E-state index contributed by atoms with van der Waals surface area (Å²) in [6.07, 6.45) is 7.47. The SMILES string of the molecule is C=CC=C(C=CC)CC(=O)OC. The first-order valence-corrected chi connectivity index (χ1v) is 3.75. The molecular weight excluding hydrogens is 152 g/mol. The minimum Gasteiger partial charge on any atom is -0.469 e. The van der Waals surface area contributed by atoms with Gasteiger partial charge in [-0.3, -0.25) is 4.79 Å². The Morgan fingerprint density at radius 3 is 2.67 bits per heavy atom. The van der Waals surface area contributed by atoms with Crippen molar-refractivity contribution in [2.45, 2.75) is 13.3 Å². The standard InChI is InChI=1S/C10H14O2/c1-4-6-9(7-5-2)8-10(11)12-3/h4-7H,1,8H2,2-3H3. The summed E-state index contributed by atoms with van der Waals surface area (Å²) in [6, 6.07) is 0. The molecule has 0 radical (unpaired) electrons. The van der Waals surface area contributed by atoms with E-state index in [0.29, 0.717) is 6.42 Å².